The molecule has 1 fully saturated rings. The molecule has 1 saturated heterocycles. The topological polar surface area (TPSA) is 43.7 Å². The Balaban J connectivity index is 2.24. The highest BCUT2D eigenvalue weighted by molar-refractivity contribution is 9.09. The lowest BCUT2D eigenvalue weighted by molar-refractivity contribution is 0.0345. The monoisotopic (exact) mass is 313 g/mol. The fraction of sp³-hybridized carbons (Fsp3) is 0.571. The molecule has 2 rings (SSSR count). The van der Waals surface area contributed by atoms with Crippen LogP contribution in [0.4, 0.5) is 5.69 Å². The minimum Gasteiger partial charge on any atom is -0.389 e. The summed E-state index contributed by atoms with van der Waals surface area (Å²) in [4.78, 5) is 2.31. The standard InChI is InChI=1S/C14H20BrNO2/c15-10-13(17)14(18)11-6-2-3-7-12(11)16-8-4-1-5-9-16/h2-3,6-7,13-14,17-18H,1,4-5,8-10H2. The van der Waals surface area contributed by atoms with Crippen LogP contribution in [0.15, 0.2) is 24.3 Å². The van der Waals surface area contributed by atoms with Crippen LogP contribution in [0, 0.1) is 0 Å². The molecule has 0 spiro atoms. The van der Waals surface area contributed by atoms with Gasteiger partial charge in [0, 0.05) is 29.7 Å². The van der Waals surface area contributed by atoms with Crippen LogP contribution in [0.25, 0.3) is 0 Å². The lowest BCUT2D eigenvalue weighted by Crippen LogP contribution is -2.31. The number of piperidine rings is 1. The van der Waals surface area contributed by atoms with Crippen molar-refractivity contribution in [2.75, 3.05) is 23.3 Å². The van der Waals surface area contributed by atoms with E-state index >= 15 is 0 Å². The highest BCUT2D eigenvalue weighted by atomic mass is 79.9. The van der Waals surface area contributed by atoms with E-state index in [1.165, 1.54) is 19.3 Å². The van der Waals surface area contributed by atoms with E-state index in [9.17, 15) is 10.2 Å². The smallest absolute Gasteiger partial charge is 0.108 e. The van der Waals surface area contributed by atoms with E-state index in [1.54, 1.807) is 0 Å². The molecule has 1 aliphatic rings. The van der Waals surface area contributed by atoms with E-state index in [-0.39, 0.29) is 0 Å². The van der Waals surface area contributed by atoms with Crippen LogP contribution in [0.2, 0.25) is 0 Å². The number of halogens is 1. The maximum absolute atomic E-state index is 10.2. The summed E-state index contributed by atoms with van der Waals surface area (Å²) in [7, 11) is 0. The number of nitrogens with zero attached hydrogens (tertiary/aromatic N) is 1. The molecule has 1 aliphatic heterocycles. The van der Waals surface area contributed by atoms with Crippen molar-refractivity contribution in [3.05, 3.63) is 29.8 Å². The zero-order valence-electron chi connectivity index (χ0n) is 10.4. The first-order chi connectivity index (χ1) is 8.74. The Labute approximate surface area is 117 Å². The van der Waals surface area contributed by atoms with E-state index in [0.717, 1.165) is 24.3 Å². The van der Waals surface area contributed by atoms with Gasteiger partial charge in [-0.2, -0.15) is 0 Å². The Hall–Kier alpha value is -0.580. The molecular formula is C14H20BrNO2. The number of para-hydroxylation sites is 1. The zero-order chi connectivity index (χ0) is 13.0. The number of alkyl halides is 1. The van der Waals surface area contributed by atoms with Crippen LogP contribution in [0.1, 0.15) is 30.9 Å². The van der Waals surface area contributed by atoms with Gasteiger partial charge in [0.1, 0.15) is 6.10 Å². The van der Waals surface area contributed by atoms with Crippen molar-refractivity contribution in [3.8, 4) is 0 Å². The predicted octanol–water partition coefficient (Wildman–Crippen LogP) is 2.47. The fourth-order valence-electron chi connectivity index (χ4n) is 2.45. The van der Waals surface area contributed by atoms with Crippen LogP contribution in [-0.2, 0) is 0 Å². The van der Waals surface area contributed by atoms with Crippen molar-refractivity contribution in [2.24, 2.45) is 0 Å². The number of anilines is 1. The molecule has 0 amide bonds. The lowest BCUT2D eigenvalue weighted by Gasteiger charge is -2.32. The van der Waals surface area contributed by atoms with Crippen LogP contribution >= 0.6 is 15.9 Å². The Bertz CT molecular complexity index is 359. The molecule has 3 nitrogen and oxygen atoms in total. The van der Waals surface area contributed by atoms with Gasteiger partial charge in [0.15, 0.2) is 0 Å². The molecule has 0 radical (unpaired) electrons. The van der Waals surface area contributed by atoms with E-state index in [4.69, 9.17) is 0 Å². The average Bonchev–Trinajstić information content (AvgIpc) is 2.46. The normalized spacial score (nSPS) is 19.6. The van der Waals surface area contributed by atoms with E-state index in [0.29, 0.717) is 5.33 Å². The minimum absolute atomic E-state index is 0.377. The Morgan fingerprint density at radius 1 is 1.11 bits per heavy atom. The largest absolute Gasteiger partial charge is 0.389 e. The molecule has 1 aromatic carbocycles. The summed E-state index contributed by atoms with van der Waals surface area (Å²) in [6, 6.07) is 7.83. The Morgan fingerprint density at radius 2 is 1.78 bits per heavy atom. The molecule has 2 unspecified atom stereocenters. The Morgan fingerprint density at radius 3 is 2.44 bits per heavy atom. The molecule has 18 heavy (non-hydrogen) atoms. The van der Waals surface area contributed by atoms with Gasteiger partial charge in [0.05, 0.1) is 6.10 Å². The van der Waals surface area contributed by atoms with Gasteiger partial charge in [-0.05, 0) is 25.3 Å². The molecule has 1 heterocycles. The molecule has 4 heteroatoms. The third-order valence-corrected chi connectivity index (χ3v) is 4.14. The van der Waals surface area contributed by atoms with Gasteiger partial charge in [0.2, 0.25) is 0 Å². The summed E-state index contributed by atoms with van der Waals surface area (Å²) in [6.45, 7) is 2.07. The maximum Gasteiger partial charge on any atom is 0.108 e. The van der Waals surface area contributed by atoms with Gasteiger partial charge < -0.3 is 15.1 Å². The number of benzene rings is 1. The number of rotatable bonds is 4. The zero-order valence-corrected chi connectivity index (χ0v) is 12.0. The molecule has 100 valence electrons. The van der Waals surface area contributed by atoms with Crippen molar-refractivity contribution in [2.45, 2.75) is 31.5 Å². The molecule has 2 atom stereocenters. The average molecular weight is 314 g/mol. The minimum atomic E-state index is -0.831. The molecule has 0 bridgehead atoms. The van der Waals surface area contributed by atoms with Gasteiger partial charge in [-0.15, -0.1) is 0 Å². The summed E-state index contributed by atoms with van der Waals surface area (Å²) in [6.07, 6.45) is 2.08. The summed E-state index contributed by atoms with van der Waals surface area (Å²) in [5.74, 6) is 0. The second kappa shape index (κ2) is 6.55. The Kier molecular flexibility index (Phi) is 5.03. The fourth-order valence-corrected chi connectivity index (χ4v) is 2.81. The predicted molar refractivity (Wildman–Crippen MR) is 77.3 cm³/mol. The van der Waals surface area contributed by atoms with Crippen LogP contribution < -0.4 is 4.90 Å². The quantitative estimate of drug-likeness (QED) is 0.839. The summed E-state index contributed by atoms with van der Waals surface area (Å²) in [5.41, 5.74) is 1.89. The van der Waals surface area contributed by atoms with Gasteiger partial charge in [-0.3, -0.25) is 0 Å². The van der Waals surface area contributed by atoms with Gasteiger partial charge in [-0.1, -0.05) is 34.1 Å². The summed E-state index contributed by atoms with van der Waals surface area (Å²) < 4.78 is 0. The molecular weight excluding hydrogens is 294 g/mol. The molecule has 2 N–H and O–H groups in total. The summed E-state index contributed by atoms with van der Waals surface area (Å²) >= 11 is 3.21. The maximum atomic E-state index is 10.2. The van der Waals surface area contributed by atoms with Crippen molar-refractivity contribution in [1.82, 2.24) is 0 Å². The van der Waals surface area contributed by atoms with E-state index in [1.807, 2.05) is 24.3 Å². The van der Waals surface area contributed by atoms with Gasteiger partial charge >= 0.3 is 0 Å². The van der Waals surface area contributed by atoms with Crippen molar-refractivity contribution >= 4 is 21.6 Å². The highest BCUT2D eigenvalue weighted by Crippen LogP contribution is 2.30. The van der Waals surface area contributed by atoms with E-state index in [2.05, 4.69) is 20.8 Å². The highest BCUT2D eigenvalue weighted by Gasteiger charge is 2.22. The molecule has 0 saturated carbocycles. The van der Waals surface area contributed by atoms with Crippen LogP contribution in [-0.4, -0.2) is 34.7 Å². The number of hydrogen-bond donors (Lipinski definition) is 2. The van der Waals surface area contributed by atoms with Gasteiger partial charge in [0.25, 0.3) is 0 Å². The third kappa shape index (κ3) is 3.05. The van der Waals surface area contributed by atoms with Crippen molar-refractivity contribution in [1.29, 1.82) is 0 Å². The second-order valence-electron chi connectivity index (χ2n) is 4.77. The molecule has 1 aromatic rings. The lowest BCUT2D eigenvalue weighted by atomic mass is 10.0. The first kappa shape index (κ1) is 13.8. The first-order valence-electron chi connectivity index (χ1n) is 6.50. The molecule has 0 aromatic heterocycles. The van der Waals surface area contributed by atoms with Crippen LogP contribution in [0.5, 0.6) is 0 Å². The number of aliphatic hydroxyl groups excluding tert-OH is 2. The van der Waals surface area contributed by atoms with Crippen LogP contribution in [0.3, 0.4) is 0 Å². The SMILES string of the molecule is OC(CBr)C(O)c1ccccc1N1CCCCC1. The molecule has 0 aliphatic carbocycles. The number of hydrogen-bond acceptors (Lipinski definition) is 3. The van der Waals surface area contributed by atoms with E-state index < -0.39 is 12.2 Å². The number of aliphatic hydroxyl groups is 2. The third-order valence-electron chi connectivity index (χ3n) is 3.47. The van der Waals surface area contributed by atoms with Gasteiger partial charge in [-0.25, -0.2) is 0 Å². The second-order valence-corrected chi connectivity index (χ2v) is 5.42. The van der Waals surface area contributed by atoms with Crippen molar-refractivity contribution in [3.63, 3.8) is 0 Å². The van der Waals surface area contributed by atoms with Crippen molar-refractivity contribution < 1.29 is 10.2 Å². The summed E-state index contributed by atoms with van der Waals surface area (Å²) in [5, 5.41) is 20.4. The first-order valence-corrected chi connectivity index (χ1v) is 7.62.